The summed E-state index contributed by atoms with van der Waals surface area (Å²) in [6, 6.07) is 2.80. The fraction of sp³-hybridized carbons (Fsp3) is 0.300. The number of nitrogens with zero attached hydrogens (tertiary/aromatic N) is 3. The van der Waals surface area contributed by atoms with Crippen molar-refractivity contribution in [1.29, 1.82) is 0 Å². The van der Waals surface area contributed by atoms with Gasteiger partial charge < -0.3 is 4.98 Å². The topological polar surface area (TPSA) is 66.5 Å². The molecule has 0 saturated carbocycles. The zero-order valence-electron chi connectivity index (χ0n) is 8.57. The summed E-state index contributed by atoms with van der Waals surface area (Å²) in [5.74, 6) is 3.77. The van der Waals surface area contributed by atoms with Crippen LogP contribution < -0.4 is 5.32 Å². The molecule has 15 heavy (non-hydrogen) atoms. The number of H-pyrrole nitrogens is 1. The number of hydrogen-bond acceptors (Lipinski definition) is 4. The van der Waals surface area contributed by atoms with Crippen molar-refractivity contribution >= 4 is 17.1 Å². The first-order chi connectivity index (χ1) is 7.25. The smallest absolute Gasteiger partial charge is 0.236 e. The van der Waals surface area contributed by atoms with Crippen LogP contribution in [0, 0.1) is 17.9 Å². The van der Waals surface area contributed by atoms with E-state index in [1.54, 1.807) is 12.5 Å². The summed E-state index contributed by atoms with van der Waals surface area (Å²) >= 11 is 0. The number of hydrogen-bond donors (Lipinski definition) is 2. The van der Waals surface area contributed by atoms with Crippen LogP contribution >= 0.6 is 0 Å². The molecule has 0 amide bonds. The second-order valence-electron chi connectivity index (χ2n) is 3.38. The van der Waals surface area contributed by atoms with Gasteiger partial charge in [0.05, 0.1) is 12.5 Å². The maximum absolute atomic E-state index is 4.16. The monoisotopic (exact) mass is 201 g/mol. The summed E-state index contributed by atoms with van der Waals surface area (Å²) in [6.07, 6.45) is 3.26. The molecule has 0 spiro atoms. The average molecular weight is 201 g/mol. The molecular formula is C10H11N5. The maximum Gasteiger partial charge on any atom is 0.236 e. The number of aromatic nitrogens is 4. The molecule has 2 N–H and O–H groups in total. The van der Waals surface area contributed by atoms with E-state index in [1.807, 2.05) is 13.8 Å². The highest BCUT2D eigenvalue weighted by molar-refractivity contribution is 5.69. The highest BCUT2D eigenvalue weighted by Gasteiger charge is 1.99. The maximum atomic E-state index is 4.16. The van der Waals surface area contributed by atoms with Crippen LogP contribution in [0.5, 0.6) is 0 Å². The first-order valence-electron chi connectivity index (χ1n) is 4.68. The number of anilines is 1. The summed E-state index contributed by atoms with van der Waals surface area (Å²) in [7, 11) is 0. The molecule has 0 bridgehead atoms. The predicted molar refractivity (Wildman–Crippen MR) is 57.9 cm³/mol. The van der Waals surface area contributed by atoms with Crippen molar-refractivity contribution in [2.24, 2.45) is 5.92 Å². The highest BCUT2D eigenvalue weighted by atomic mass is 15.1. The Hall–Kier alpha value is -2.09. The minimum atomic E-state index is 0.326. The van der Waals surface area contributed by atoms with E-state index in [-0.39, 0.29) is 0 Å². The number of fused-ring (bicyclic) bond motifs is 1. The first kappa shape index (κ1) is 9.46. The third-order valence-electron chi connectivity index (χ3n) is 1.71. The molecule has 0 aliphatic heterocycles. The lowest BCUT2D eigenvalue weighted by Crippen LogP contribution is -1.96. The molecule has 0 aliphatic rings. The molecule has 0 unspecified atom stereocenters. The zero-order chi connectivity index (χ0) is 10.7. The van der Waals surface area contributed by atoms with E-state index < -0.39 is 0 Å². The van der Waals surface area contributed by atoms with E-state index in [9.17, 15) is 0 Å². The molecule has 2 aromatic rings. The van der Waals surface area contributed by atoms with Gasteiger partial charge in [-0.25, -0.2) is 9.97 Å². The van der Waals surface area contributed by atoms with Gasteiger partial charge in [0.2, 0.25) is 5.95 Å². The lowest BCUT2D eigenvalue weighted by Gasteiger charge is -1.95. The van der Waals surface area contributed by atoms with E-state index in [0.29, 0.717) is 17.5 Å². The van der Waals surface area contributed by atoms with Crippen LogP contribution in [-0.4, -0.2) is 19.9 Å². The summed E-state index contributed by atoms with van der Waals surface area (Å²) < 4.78 is 0. The van der Waals surface area contributed by atoms with E-state index in [4.69, 9.17) is 0 Å². The van der Waals surface area contributed by atoms with Gasteiger partial charge in [-0.3, -0.25) is 5.32 Å². The summed E-state index contributed by atoms with van der Waals surface area (Å²) in [5, 5.41) is 2.82. The SMILES string of the molecule is CC(C)C#CNc1ncc2[nH]cnc2n1. The number of nitrogens with one attached hydrogen (secondary N) is 2. The van der Waals surface area contributed by atoms with E-state index in [2.05, 4.69) is 37.2 Å². The van der Waals surface area contributed by atoms with Crippen molar-refractivity contribution in [1.82, 2.24) is 19.9 Å². The first-order valence-corrected chi connectivity index (χ1v) is 4.68. The second-order valence-corrected chi connectivity index (χ2v) is 3.38. The van der Waals surface area contributed by atoms with Gasteiger partial charge in [-0.1, -0.05) is 19.8 Å². The number of rotatable bonds is 1. The molecule has 0 radical (unpaired) electrons. The van der Waals surface area contributed by atoms with Crippen molar-refractivity contribution in [3.05, 3.63) is 12.5 Å². The van der Waals surface area contributed by atoms with Crippen LogP contribution in [0.2, 0.25) is 0 Å². The highest BCUT2D eigenvalue weighted by Crippen LogP contribution is 2.06. The molecule has 0 aliphatic carbocycles. The third kappa shape index (κ3) is 2.23. The minimum Gasteiger partial charge on any atom is -0.342 e. The fourth-order valence-electron chi connectivity index (χ4n) is 1.03. The van der Waals surface area contributed by atoms with Gasteiger partial charge in [0.15, 0.2) is 5.65 Å². The standard InChI is InChI=1S/C10H11N5/c1-7(2)3-4-11-10-12-5-8-9(15-10)14-6-13-8/h5-7H,1-2H3,(H2,11,12,13,14,15). The Kier molecular flexibility index (Phi) is 2.50. The molecule has 0 fully saturated rings. The predicted octanol–water partition coefficient (Wildman–Crippen LogP) is 1.38. The molecular weight excluding hydrogens is 190 g/mol. The lowest BCUT2D eigenvalue weighted by molar-refractivity contribution is 0.866. The van der Waals surface area contributed by atoms with E-state index in [1.165, 1.54) is 0 Å². The average Bonchev–Trinajstić information content (AvgIpc) is 2.64. The van der Waals surface area contributed by atoms with Crippen LogP contribution in [0.15, 0.2) is 12.5 Å². The van der Waals surface area contributed by atoms with Gasteiger partial charge in [-0.05, 0) is 0 Å². The van der Waals surface area contributed by atoms with Crippen LogP contribution in [-0.2, 0) is 0 Å². The van der Waals surface area contributed by atoms with Gasteiger partial charge in [0.1, 0.15) is 5.52 Å². The molecule has 2 aromatic heterocycles. The quantitative estimate of drug-likeness (QED) is 0.540. The van der Waals surface area contributed by atoms with Crippen molar-refractivity contribution in [3.8, 4) is 12.0 Å². The Morgan fingerprint density at radius 3 is 3.07 bits per heavy atom. The summed E-state index contributed by atoms with van der Waals surface area (Å²) in [4.78, 5) is 15.2. The fourth-order valence-corrected chi connectivity index (χ4v) is 1.03. The van der Waals surface area contributed by atoms with Gasteiger partial charge in [-0.15, -0.1) is 0 Å². The number of aromatic amines is 1. The van der Waals surface area contributed by atoms with Crippen molar-refractivity contribution < 1.29 is 0 Å². The molecule has 5 heteroatoms. The molecule has 5 nitrogen and oxygen atoms in total. The van der Waals surface area contributed by atoms with Crippen molar-refractivity contribution in [2.75, 3.05) is 5.32 Å². The normalized spacial score (nSPS) is 10.1. The molecule has 0 atom stereocenters. The largest absolute Gasteiger partial charge is 0.342 e. The molecule has 0 aromatic carbocycles. The van der Waals surface area contributed by atoms with Gasteiger partial charge in [-0.2, -0.15) is 4.98 Å². The van der Waals surface area contributed by atoms with Gasteiger partial charge in [0.25, 0.3) is 0 Å². The number of imidazole rings is 1. The molecule has 2 rings (SSSR count). The molecule has 76 valence electrons. The summed E-state index contributed by atoms with van der Waals surface area (Å²) in [5.41, 5.74) is 1.45. The zero-order valence-corrected chi connectivity index (χ0v) is 8.57. The Morgan fingerprint density at radius 2 is 2.27 bits per heavy atom. The Bertz CT molecular complexity index is 517. The summed E-state index contributed by atoms with van der Waals surface area (Å²) in [6.45, 7) is 4.04. The van der Waals surface area contributed by atoms with E-state index >= 15 is 0 Å². The minimum absolute atomic E-state index is 0.326. The van der Waals surface area contributed by atoms with Crippen LogP contribution in [0.25, 0.3) is 11.2 Å². The third-order valence-corrected chi connectivity index (χ3v) is 1.71. The van der Waals surface area contributed by atoms with Gasteiger partial charge in [0, 0.05) is 12.0 Å². The Balaban J connectivity index is 2.19. The Labute approximate surface area is 87.4 Å². The molecule has 0 saturated heterocycles. The lowest BCUT2D eigenvalue weighted by atomic mass is 10.2. The van der Waals surface area contributed by atoms with Crippen LogP contribution in [0.1, 0.15) is 13.8 Å². The van der Waals surface area contributed by atoms with Crippen molar-refractivity contribution in [3.63, 3.8) is 0 Å². The Morgan fingerprint density at radius 1 is 1.40 bits per heavy atom. The molecule has 2 heterocycles. The van der Waals surface area contributed by atoms with Gasteiger partial charge >= 0.3 is 0 Å². The van der Waals surface area contributed by atoms with Crippen LogP contribution in [0.4, 0.5) is 5.95 Å². The van der Waals surface area contributed by atoms with Crippen molar-refractivity contribution in [2.45, 2.75) is 13.8 Å². The van der Waals surface area contributed by atoms with Crippen LogP contribution in [0.3, 0.4) is 0 Å². The van der Waals surface area contributed by atoms with E-state index in [0.717, 1.165) is 5.52 Å². The second kappa shape index (κ2) is 3.96.